The van der Waals surface area contributed by atoms with E-state index in [1.54, 1.807) is 0 Å². The third-order valence-electron chi connectivity index (χ3n) is 4.46. The van der Waals surface area contributed by atoms with Gasteiger partial charge in [0.25, 0.3) is 5.91 Å². The molecular weight excluding hydrogens is 272 g/mol. The lowest BCUT2D eigenvalue weighted by Crippen LogP contribution is -3.10. The van der Waals surface area contributed by atoms with Gasteiger partial charge in [0.15, 0.2) is 6.54 Å². The van der Waals surface area contributed by atoms with Gasteiger partial charge in [0.2, 0.25) is 0 Å². The number of para-hydroxylation sites is 1. The number of likely N-dealkylation sites (N-methyl/N-ethyl adjacent to an activating group) is 1. The van der Waals surface area contributed by atoms with Gasteiger partial charge in [-0.3, -0.25) is 4.79 Å². The fourth-order valence-corrected chi connectivity index (χ4v) is 3.37. The molecular formula is C19H23N2O+. The molecule has 1 unspecified atom stereocenters. The summed E-state index contributed by atoms with van der Waals surface area (Å²) in [6.45, 7) is 0.494. The molecule has 3 rings (SSSR count). The van der Waals surface area contributed by atoms with Crippen LogP contribution in [0.1, 0.15) is 30.0 Å². The zero-order valence-electron chi connectivity index (χ0n) is 13.0. The second-order valence-electron chi connectivity index (χ2n) is 6.08. The average molecular weight is 295 g/mol. The molecule has 3 nitrogen and oxygen atoms in total. The van der Waals surface area contributed by atoms with E-state index in [9.17, 15) is 4.79 Å². The van der Waals surface area contributed by atoms with E-state index in [1.807, 2.05) is 30.3 Å². The van der Waals surface area contributed by atoms with Crippen molar-refractivity contribution in [3.05, 3.63) is 65.7 Å². The number of carbonyl (C=O) groups is 1. The van der Waals surface area contributed by atoms with Crippen LogP contribution in [0.15, 0.2) is 54.6 Å². The Bertz CT molecular complexity index is 639. The largest absolute Gasteiger partial charge is 0.323 e. The number of fused-ring (bicyclic) bond motifs is 1. The maximum Gasteiger partial charge on any atom is 0.279 e. The van der Waals surface area contributed by atoms with E-state index >= 15 is 0 Å². The van der Waals surface area contributed by atoms with Crippen LogP contribution in [0.4, 0.5) is 5.69 Å². The van der Waals surface area contributed by atoms with Gasteiger partial charge in [-0.1, -0.05) is 42.5 Å². The van der Waals surface area contributed by atoms with Crippen molar-refractivity contribution < 1.29 is 9.69 Å². The van der Waals surface area contributed by atoms with Crippen molar-refractivity contribution in [2.45, 2.75) is 25.3 Å². The molecule has 0 aliphatic heterocycles. The number of quaternary nitrogens is 1. The number of nitrogens with one attached hydrogen (secondary N) is 2. The lowest BCUT2D eigenvalue weighted by molar-refractivity contribution is -0.905. The Hall–Kier alpha value is -2.13. The van der Waals surface area contributed by atoms with Crippen molar-refractivity contribution >= 4 is 11.6 Å². The molecule has 1 aliphatic carbocycles. The summed E-state index contributed by atoms with van der Waals surface area (Å²) in [5, 5.41) is 2.98. The van der Waals surface area contributed by atoms with Gasteiger partial charge >= 0.3 is 0 Å². The SMILES string of the molecule is C[NH+](CC(=O)Nc1ccccc1)[C@H]1CCCc2ccccc21. The topological polar surface area (TPSA) is 33.5 Å². The van der Waals surface area contributed by atoms with Crippen LogP contribution in [-0.4, -0.2) is 19.5 Å². The van der Waals surface area contributed by atoms with E-state index in [0.29, 0.717) is 12.6 Å². The van der Waals surface area contributed by atoms with E-state index in [4.69, 9.17) is 0 Å². The van der Waals surface area contributed by atoms with Crippen LogP contribution in [0.3, 0.4) is 0 Å². The monoisotopic (exact) mass is 295 g/mol. The van der Waals surface area contributed by atoms with Crippen LogP contribution in [0.5, 0.6) is 0 Å². The van der Waals surface area contributed by atoms with Gasteiger partial charge in [0.05, 0.1) is 7.05 Å². The first-order valence-electron chi connectivity index (χ1n) is 7.99. The summed E-state index contributed by atoms with van der Waals surface area (Å²) in [7, 11) is 2.12. The summed E-state index contributed by atoms with van der Waals surface area (Å²) >= 11 is 0. The lowest BCUT2D eigenvalue weighted by atomic mass is 9.87. The molecule has 0 spiro atoms. The van der Waals surface area contributed by atoms with Crippen LogP contribution in [0.25, 0.3) is 0 Å². The molecule has 2 aromatic rings. The first-order chi connectivity index (χ1) is 10.7. The van der Waals surface area contributed by atoms with E-state index < -0.39 is 0 Å². The number of anilines is 1. The minimum atomic E-state index is 0.0757. The summed E-state index contributed by atoms with van der Waals surface area (Å²) < 4.78 is 0. The first-order valence-corrected chi connectivity index (χ1v) is 7.99. The maximum atomic E-state index is 12.2. The summed E-state index contributed by atoms with van der Waals surface area (Å²) in [5.41, 5.74) is 3.73. The quantitative estimate of drug-likeness (QED) is 0.891. The Morgan fingerprint density at radius 2 is 1.86 bits per heavy atom. The van der Waals surface area contributed by atoms with Crippen LogP contribution >= 0.6 is 0 Å². The van der Waals surface area contributed by atoms with E-state index in [0.717, 1.165) is 18.5 Å². The highest BCUT2D eigenvalue weighted by Gasteiger charge is 2.27. The molecule has 0 radical (unpaired) electrons. The van der Waals surface area contributed by atoms with Gasteiger partial charge in [0.1, 0.15) is 6.04 Å². The number of hydrogen-bond acceptors (Lipinski definition) is 1. The normalized spacial score (nSPS) is 18.3. The Labute approximate surface area is 132 Å². The highest BCUT2D eigenvalue weighted by molar-refractivity contribution is 5.91. The molecule has 1 aliphatic rings. The summed E-state index contributed by atoms with van der Waals surface area (Å²) in [5.74, 6) is 0.0757. The van der Waals surface area contributed by atoms with Crippen molar-refractivity contribution in [2.24, 2.45) is 0 Å². The number of benzene rings is 2. The fourth-order valence-electron chi connectivity index (χ4n) is 3.37. The second-order valence-corrected chi connectivity index (χ2v) is 6.08. The van der Waals surface area contributed by atoms with Crippen LogP contribution in [0, 0.1) is 0 Å². The molecule has 2 N–H and O–H groups in total. The zero-order valence-corrected chi connectivity index (χ0v) is 13.0. The number of amides is 1. The zero-order chi connectivity index (χ0) is 15.4. The van der Waals surface area contributed by atoms with Gasteiger partial charge in [-0.05, 0) is 30.5 Å². The van der Waals surface area contributed by atoms with E-state index in [1.165, 1.54) is 22.4 Å². The van der Waals surface area contributed by atoms with Gasteiger partial charge < -0.3 is 10.2 Å². The molecule has 0 saturated carbocycles. The maximum absolute atomic E-state index is 12.2. The molecule has 0 bridgehead atoms. The predicted octanol–water partition coefficient (Wildman–Crippen LogP) is 2.22. The fraction of sp³-hybridized carbons (Fsp3) is 0.316. The number of rotatable bonds is 4. The van der Waals surface area contributed by atoms with Crippen LogP contribution < -0.4 is 10.2 Å². The average Bonchev–Trinajstić information content (AvgIpc) is 2.55. The van der Waals surface area contributed by atoms with Gasteiger partial charge in [0, 0.05) is 17.7 Å². The predicted molar refractivity (Wildman–Crippen MR) is 88.9 cm³/mol. The smallest absolute Gasteiger partial charge is 0.279 e. The van der Waals surface area contributed by atoms with E-state index in [-0.39, 0.29) is 5.91 Å². The third-order valence-corrected chi connectivity index (χ3v) is 4.46. The molecule has 2 aromatic carbocycles. The Morgan fingerprint density at radius 3 is 2.68 bits per heavy atom. The van der Waals surface area contributed by atoms with Crippen LogP contribution in [-0.2, 0) is 11.2 Å². The highest BCUT2D eigenvalue weighted by Crippen LogP contribution is 2.27. The molecule has 114 valence electrons. The number of aryl methyl sites for hydroxylation is 1. The van der Waals surface area contributed by atoms with Crippen molar-refractivity contribution in [1.82, 2.24) is 0 Å². The molecule has 0 aromatic heterocycles. The summed E-state index contributed by atoms with van der Waals surface area (Å²) in [6.07, 6.45) is 3.52. The first kappa shape index (κ1) is 14.8. The molecule has 0 fully saturated rings. The van der Waals surface area contributed by atoms with Gasteiger partial charge in [-0.15, -0.1) is 0 Å². The molecule has 3 heteroatoms. The Morgan fingerprint density at radius 1 is 1.14 bits per heavy atom. The third kappa shape index (κ3) is 3.37. The van der Waals surface area contributed by atoms with Crippen molar-refractivity contribution in [3.8, 4) is 0 Å². The van der Waals surface area contributed by atoms with Gasteiger partial charge in [-0.2, -0.15) is 0 Å². The molecule has 0 heterocycles. The summed E-state index contributed by atoms with van der Waals surface area (Å²) in [4.78, 5) is 13.5. The molecule has 22 heavy (non-hydrogen) atoms. The lowest BCUT2D eigenvalue weighted by Gasteiger charge is -2.30. The minimum absolute atomic E-state index is 0.0757. The Balaban J connectivity index is 1.65. The number of hydrogen-bond donors (Lipinski definition) is 2. The second kappa shape index (κ2) is 6.75. The molecule has 2 atom stereocenters. The summed E-state index contributed by atoms with van der Waals surface area (Å²) in [6, 6.07) is 18.7. The molecule has 0 saturated heterocycles. The van der Waals surface area contributed by atoms with Crippen LogP contribution in [0.2, 0.25) is 0 Å². The molecule has 1 amide bonds. The highest BCUT2D eigenvalue weighted by atomic mass is 16.2. The standard InChI is InChI=1S/C19H22N2O/c1-21(14-19(22)20-16-10-3-2-4-11-16)18-13-7-9-15-8-5-6-12-17(15)18/h2-6,8,10-12,18H,7,9,13-14H2,1H3,(H,20,22)/p+1/t18-/m0/s1. The van der Waals surface area contributed by atoms with Crippen molar-refractivity contribution in [1.29, 1.82) is 0 Å². The van der Waals surface area contributed by atoms with Gasteiger partial charge in [-0.25, -0.2) is 0 Å². The van der Waals surface area contributed by atoms with Crippen molar-refractivity contribution in [2.75, 3.05) is 18.9 Å². The van der Waals surface area contributed by atoms with Crippen molar-refractivity contribution in [3.63, 3.8) is 0 Å². The Kier molecular flexibility index (Phi) is 4.54. The van der Waals surface area contributed by atoms with E-state index in [2.05, 4.69) is 36.6 Å². The number of carbonyl (C=O) groups excluding carboxylic acids is 1. The minimum Gasteiger partial charge on any atom is -0.323 e.